The molecule has 0 spiro atoms. The molecule has 0 aliphatic rings. The lowest BCUT2D eigenvalue weighted by molar-refractivity contribution is -0.118. The summed E-state index contributed by atoms with van der Waals surface area (Å²) < 4.78 is 7.56. The Morgan fingerprint density at radius 3 is 2.41 bits per heavy atom. The maximum absolute atomic E-state index is 12.7. The fourth-order valence-electron chi connectivity index (χ4n) is 3.50. The largest absolute Gasteiger partial charge is 0.482 e. The van der Waals surface area contributed by atoms with Gasteiger partial charge in [-0.05, 0) is 73.5 Å². The summed E-state index contributed by atoms with van der Waals surface area (Å²) in [6.45, 7) is 3.72. The maximum atomic E-state index is 12.7. The number of rotatable bonds is 6. The molecular weight excluding hydrogens is 454 g/mol. The van der Waals surface area contributed by atoms with Crippen LogP contribution in [0.2, 0.25) is 5.02 Å². The molecule has 0 aliphatic heterocycles. The van der Waals surface area contributed by atoms with E-state index in [-0.39, 0.29) is 12.5 Å². The highest BCUT2D eigenvalue weighted by atomic mass is 35.5. The van der Waals surface area contributed by atoms with Crippen LogP contribution in [-0.4, -0.2) is 42.3 Å². The van der Waals surface area contributed by atoms with Crippen molar-refractivity contribution in [2.45, 2.75) is 13.8 Å². The lowest BCUT2D eigenvalue weighted by Crippen LogP contribution is -2.21. The minimum absolute atomic E-state index is 0.160. The van der Waals surface area contributed by atoms with Gasteiger partial charge >= 0.3 is 0 Å². The molecule has 34 heavy (non-hydrogen) atoms. The molecule has 0 saturated carbocycles. The number of nitrogens with one attached hydrogen (secondary N) is 1. The van der Waals surface area contributed by atoms with E-state index in [1.54, 1.807) is 40.2 Å². The van der Waals surface area contributed by atoms with Gasteiger partial charge in [-0.25, -0.2) is 0 Å². The minimum Gasteiger partial charge on any atom is -0.482 e. The van der Waals surface area contributed by atoms with Gasteiger partial charge in [0.05, 0.1) is 11.4 Å². The summed E-state index contributed by atoms with van der Waals surface area (Å²) >= 11 is 5.97. The van der Waals surface area contributed by atoms with E-state index in [4.69, 9.17) is 16.3 Å². The molecule has 10 heteroatoms. The maximum Gasteiger partial charge on any atom is 0.262 e. The van der Waals surface area contributed by atoms with Gasteiger partial charge in [-0.2, -0.15) is 4.80 Å². The molecule has 170 valence electrons. The Hall–Kier alpha value is -4.24. The Balaban J connectivity index is 1.32. The molecule has 1 N–H and O–H groups in total. The van der Waals surface area contributed by atoms with Gasteiger partial charge in [-0.3, -0.25) is 9.36 Å². The Morgan fingerprint density at radius 1 is 0.971 bits per heavy atom. The van der Waals surface area contributed by atoms with Crippen molar-refractivity contribution in [1.82, 2.24) is 29.8 Å². The second-order valence-corrected chi connectivity index (χ2v) is 8.24. The Labute approximate surface area is 199 Å². The van der Waals surface area contributed by atoms with Crippen molar-refractivity contribution in [2.75, 3.05) is 11.9 Å². The number of aromatic nitrogens is 6. The third-order valence-corrected chi connectivity index (χ3v) is 5.48. The molecule has 0 atom stereocenters. The van der Waals surface area contributed by atoms with E-state index in [1.165, 1.54) is 0 Å². The summed E-state index contributed by atoms with van der Waals surface area (Å²) in [7, 11) is 0. The first kappa shape index (κ1) is 21.6. The SMILES string of the molecule is Cc1ccc(OCC(=O)Nc2cc3nn(-c4ccc(Cl)cc4)nc3cc2C)c(-n2cnnc2)c1. The zero-order chi connectivity index (χ0) is 23.7. The van der Waals surface area contributed by atoms with Gasteiger partial charge in [0.15, 0.2) is 6.61 Å². The molecule has 5 aromatic rings. The van der Waals surface area contributed by atoms with Crippen LogP contribution in [0.3, 0.4) is 0 Å². The molecule has 9 nitrogen and oxygen atoms in total. The quantitative estimate of drug-likeness (QED) is 0.395. The summed E-state index contributed by atoms with van der Waals surface area (Å²) in [6, 6.07) is 16.6. The Morgan fingerprint density at radius 2 is 1.68 bits per heavy atom. The van der Waals surface area contributed by atoms with Crippen molar-refractivity contribution in [3.63, 3.8) is 0 Å². The van der Waals surface area contributed by atoms with E-state index >= 15 is 0 Å². The van der Waals surface area contributed by atoms with Crippen molar-refractivity contribution < 1.29 is 9.53 Å². The van der Waals surface area contributed by atoms with Crippen LogP contribution in [0.1, 0.15) is 11.1 Å². The Kier molecular flexibility index (Phi) is 5.69. The highest BCUT2D eigenvalue weighted by molar-refractivity contribution is 6.30. The second-order valence-electron chi connectivity index (χ2n) is 7.80. The first-order valence-corrected chi connectivity index (χ1v) is 10.9. The summed E-state index contributed by atoms with van der Waals surface area (Å²) in [4.78, 5) is 14.2. The van der Waals surface area contributed by atoms with Crippen molar-refractivity contribution in [2.24, 2.45) is 0 Å². The number of fused-ring (bicyclic) bond motifs is 1. The van der Waals surface area contributed by atoms with Gasteiger partial charge in [0.25, 0.3) is 5.91 Å². The Bertz CT molecular complexity index is 1480. The fourth-order valence-corrected chi connectivity index (χ4v) is 3.62. The molecule has 0 radical (unpaired) electrons. The number of nitrogens with zero attached hydrogens (tertiary/aromatic N) is 6. The summed E-state index contributed by atoms with van der Waals surface area (Å²) in [5.74, 6) is 0.265. The third kappa shape index (κ3) is 4.46. The fraction of sp³-hybridized carbons (Fsp3) is 0.125. The van der Waals surface area contributed by atoms with E-state index in [9.17, 15) is 4.79 Å². The molecule has 0 bridgehead atoms. The molecular formula is C24H20ClN7O2. The zero-order valence-corrected chi connectivity index (χ0v) is 19.2. The zero-order valence-electron chi connectivity index (χ0n) is 18.4. The van der Waals surface area contributed by atoms with E-state index in [0.717, 1.165) is 28.0 Å². The van der Waals surface area contributed by atoms with Crippen LogP contribution in [0.25, 0.3) is 22.4 Å². The number of anilines is 1. The molecule has 5 rings (SSSR count). The van der Waals surface area contributed by atoms with E-state index in [0.29, 0.717) is 22.0 Å². The monoisotopic (exact) mass is 473 g/mol. The van der Waals surface area contributed by atoms with Gasteiger partial charge in [0.1, 0.15) is 29.4 Å². The number of amides is 1. The number of carbonyl (C=O) groups excluding carboxylic acids is 1. The number of carbonyl (C=O) groups is 1. The summed E-state index contributed by atoms with van der Waals surface area (Å²) in [5.41, 5.74) is 5.49. The van der Waals surface area contributed by atoms with E-state index in [2.05, 4.69) is 25.7 Å². The standard InChI is InChI=1S/C24H20ClN7O2/c1-15-3-8-23(22(9-15)31-13-26-27-14-31)34-12-24(33)28-19-11-21-20(10-16(19)2)29-32(30-21)18-6-4-17(25)5-7-18/h3-11,13-14H,12H2,1-2H3,(H,28,33). The van der Waals surface area contributed by atoms with Crippen LogP contribution in [0, 0.1) is 13.8 Å². The minimum atomic E-state index is -0.289. The van der Waals surface area contributed by atoms with Gasteiger partial charge in [0.2, 0.25) is 0 Å². The van der Waals surface area contributed by atoms with E-state index < -0.39 is 0 Å². The molecule has 0 fully saturated rings. The van der Waals surface area contributed by atoms with Crippen LogP contribution < -0.4 is 10.1 Å². The molecule has 1 amide bonds. The van der Waals surface area contributed by atoms with Crippen molar-refractivity contribution >= 4 is 34.2 Å². The second kappa shape index (κ2) is 8.95. The molecule has 3 aromatic carbocycles. The molecule has 2 heterocycles. The molecule has 2 aromatic heterocycles. The number of aryl methyl sites for hydroxylation is 2. The highest BCUT2D eigenvalue weighted by Crippen LogP contribution is 2.25. The van der Waals surface area contributed by atoms with Gasteiger partial charge in [-0.15, -0.1) is 20.4 Å². The van der Waals surface area contributed by atoms with Crippen molar-refractivity contribution in [3.05, 3.63) is 83.4 Å². The van der Waals surface area contributed by atoms with Crippen LogP contribution in [0.15, 0.2) is 67.3 Å². The van der Waals surface area contributed by atoms with Gasteiger partial charge in [-0.1, -0.05) is 17.7 Å². The molecule has 0 saturated heterocycles. The van der Waals surface area contributed by atoms with Crippen molar-refractivity contribution in [3.8, 4) is 17.1 Å². The summed E-state index contributed by atoms with van der Waals surface area (Å²) in [5, 5.41) is 20.3. The number of halogens is 1. The summed E-state index contributed by atoms with van der Waals surface area (Å²) in [6.07, 6.45) is 3.16. The smallest absolute Gasteiger partial charge is 0.262 e. The topological polar surface area (TPSA) is 99.8 Å². The van der Waals surface area contributed by atoms with Crippen LogP contribution in [0.4, 0.5) is 5.69 Å². The van der Waals surface area contributed by atoms with Gasteiger partial charge < -0.3 is 10.1 Å². The highest BCUT2D eigenvalue weighted by Gasteiger charge is 2.13. The average Bonchev–Trinajstić information content (AvgIpc) is 3.49. The van der Waals surface area contributed by atoms with Crippen molar-refractivity contribution in [1.29, 1.82) is 0 Å². The van der Waals surface area contributed by atoms with Crippen LogP contribution in [0.5, 0.6) is 5.75 Å². The number of benzene rings is 3. The van der Waals surface area contributed by atoms with E-state index in [1.807, 2.05) is 50.2 Å². The number of hydrogen-bond donors (Lipinski definition) is 1. The lowest BCUT2D eigenvalue weighted by atomic mass is 10.1. The third-order valence-electron chi connectivity index (χ3n) is 5.23. The average molecular weight is 474 g/mol. The molecule has 0 aliphatic carbocycles. The number of hydrogen-bond acceptors (Lipinski definition) is 6. The normalized spacial score (nSPS) is 11.0. The van der Waals surface area contributed by atoms with Crippen LogP contribution in [-0.2, 0) is 4.79 Å². The first-order valence-electron chi connectivity index (χ1n) is 10.5. The van der Waals surface area contributed by atoms with Crippen LogP contribution >= 0.6 is 11.6 Å². The first-order chi connectivity index (χ1) is 16.5. The lowest BCUT2D eigenvalue weighted by Gasteiger charge is -2.13. The number of ether oxygens (including phenoxy) is 1. The molecule has 0 unspecified atom stereocenters. The van der Waals surface area contributed by atoms with Gasteiger partial charge in [0, 0.05) is 10.7 Å². The predicted molar refractivity (Wildman–Crippen MR) is 129 cm³/mol. The predicted octanol–water partition coefficient (Wildman–Crippen LogP) is 4.29.